The average Bonchev–Trinajstić information content (AvgIpc) is 2.04. The van der Waals surface area contributed by atoms with E-state index < -0.39 is 24.5 Å². The van der Waals surface area contributed by atoms with Crippen molar-refractivity contribution in [3.63, 3.8) is 0 Å². The van der Waals surface area contributed by atoms with Gasteiger partial charge in [-0.3, -0.25) is 4.79 Å². The standard InChI is InChI=1S/C4H3NO5/c6-2-1-9-3(7)4(8)10-5-2/h1H2,(H,5,6). The number of ether oxygens (including phenoxy) is 1. The van der Waals surface area contributed by atoms with E-state index in [1.54, 1.807) is 5.48 Å². The van der Waals surface area contributed by atoms with E-state index in [1.807, 2.05) is 0 Å². The topological polar surface area (TPSA) is 81.7 Å². The molecule has 1 heterocycles. The Morgan fingerprint density at radius 2 is 1.90 bits per heavy atom. The first-order valence-electron chi connectivity index (χ1n) is 2.37. The van der Waals surface area contributed by atoms with Gasteiger partial charge in [-0.05, 0) is 0 Å². The van der Waals surface area contributed by atoms with E-state index in [2.05, 4.69) is 9.57 Å². The van der Waals surface area contributed by atoms with Crippen molar-refractivity contribution >= 4 is 17.8 Å². The predicted octanol–water partition coefficient (Wildman–Crippen LogP) is -1.88. The number of hydroxylamine groups is 1. The van der Waals surface area contributed by atoms with E-state index in [0.29, 0.717) is 0 Å². The maximum atomic E-state index is 10.3. The summed E-state index contributed by atoms with van der Waals surface area (Å²) in [6.45, 7) is -0.482. The molecule has 6 nitrogen and oxygen atoms in total. The molecule has 1 aliphatic heterocycles. The lowest BCUT2D eigenvalue weighted by Gasteiger charge is -1.92. The first-order chi connectivity index (χ1) is 4.70. The van der Waals surface area contributed by atoms with Crippen LogP contribution in [0.15, 0.2) is 0 Å². The van der Waals surface area contributed by atoms with E-state index in [-0.39, 0.29) is 0 Å². The zero-order valence-electron chi connectivity index (χ0n) is 4.75. The van der Waals surface area contributed by atoms with Gasteiger partial charge in [-0.15, -0.1) is 0 Å². The molecule has 0 atom stereocenters. The summed E-state index contributed by atoms with van der Waals surface area (Å²) in [6, 6.07) is 0. The summed E-state index contributed by atoms with van der Waals surface area (Å²) in [5.41, 5.74) is 1.69. The van der Waals surface area contributed by atoms with E-state index in [1.165, 1.54) is 0 Å². The molecule has 0 unspecified atom stereocenters. The molecule has 0 radical (unpaired) electrons. The number of esters is 1. The van der Waals surface area contributed by atoms with Gasteiger partial charge in [0.2, 0.25) is 0 Å². The smallest absolute Gasteiger partial charge is 0.441 e. The van der Waals surface area contributed by atoms with Crippen molar-refractivity contribution in [3.8, 4) is 0 Å². The molecule has 0 spiro atoms. The number of amides is 1. The minimum absolute atomic E-state index is 0.482. The highest BCUT2D eigenvalue weighted by molar-refractivity contribution is 6.30. The zero-order valence-corrected chi connectivity index (χ0v) is 4.75. The Bertz CT molecular complexity index is 178. The maximum Gasteiger partial charge on any atom is 0.441 e. The normalized spacial score (nSPS) is 18.6. The molecule has 0 aromatic heterocycles. The Hall–Kier alpha value is -1.59. The molecule has 54 valence electrons. The third-order valence-electron chi connectivity index (χ3n) is 0.759. The average molecular weight is 145 g/mol. The van der Waals surface area contributed by atoms with Gasteiger partial charge in [0.1, 0.15) is 0 Å². The third-order valence-corrected chi connectivity index (χ3v) is 0.759. The van der Waals surface area contributed by atoms with Gasteiger partial charge in [-0.2, -0.15) is 5.48 Å². The van der Waals surface area contributed by atoms with Crippen LogP contribution in [0.3, 0.4) is 0 Å². The second kappa shape index (κ2) is 2.34. The monoisotopic (exact) mass is 145 g/mol. The van der Waals surface area contributed by atoms with Crippen molar-refractivity contribution in [2.45, 2.75) is 0 Å². The third kappa shape index (κ3) is 1.22. The van der Waals surface area contributed by atoms with Crippen molar-refractivity contribution in [3.05, 3.63) is 0 Å². The van der Waals surface area contributed by atoms with Crippen molar-refractivity contribution in [2.24, 2.45) is 0 Å². The number of cyclic esters (lactones) is 1. The molecule has 0 aromatic rings. The van der Waals surface area contributed by atoms with E-state index in [0.717, 1.165) is 0 Å². The van der Waals surface area contributed by atoms with Crippen LogP contribution in [0, 0.1) is 0 Å². The Labute approximate surface area is 55.0 Å². The van der Waals surface area contributed by atoms with Crippen LogP contribution < -0.4 is 5.48 Å². The summed E-state index contributed by atoms with van der Waals surface area (Å²) in [5.74, 6) is -3.05. The predicted molar refractivity (Wildman–Crippen MR) is 25.2 cm³/mol. The summed E-state index contributed by atoms with van der Waals surface area (Å²) < 4.78 is 4.10. The van der Waals surface area contributed by atoms with Gasteiger partial charge in [0.05, 0.1) is 0 Å². The summed E-state index contributed by atoms with van der Waals surface area (Å²) in [4.78, 5) is 34.7. The molecule has 1 amide bonds. The Balaban J connectivity index is 2.63. The first-order valence-corrected chi connectivity index (χ1v) is 2.37. The molecule has 0 saturated carbocycles. The molecule has 1 saturated heterocycles. The lowest BCUT2D eigenvalue weighted by molar-refractivity contribution is -0.167. The van der Waals surface area contributed by atoms with Crippen LogP contribution in [-0.4, -0.2) is 24.5 Å². The molecular formula is C4H3NO5. The minimum atomic E-state index is -1.22. The van der Waals surface area contributed by atoms with E-state index in [9.17, 15) is 14.4 Å². The van der Waals surface area contributed by atoms with Gasteiger partial charge in [0.25, 0.3) is 5.91 Å². The highest BCUT2D eigenvalue weighted by Crippen LogP contribution is 1.87. The van der Waals surface area contributed by atoms with Crippen LogP contribution in [0.1, 0.15) is 0 Å². The SMILES string of the molecule is O=C1COC(=O)C(=O)ON1. The van der Waals surface area contributed by atoms with Gasteiger partial charge in [-0.25, -0.2) is 9.59 Å². The Kier molecular flexibility index (Phi) is 1.53. The molecule has 0 aromatic carbocycles. The molecule has 0 aliphatic carbocycles. The number of carbonyl (C=O) groups is 3. The van der Waals surface area contributed by atoms with Gasteiger partial charge in [0, 0.05) is 0 Å². The zero-order chi connectivity index (χ0) is 7.56. The number of hydrogen-bond donors (Lipinski definition) is 1. The highest BCUT2D eigenvalue weighted by Gasteiger charge is 2.23. The molecule has 10 heavy (non-hydrogen) atoms. The molecule has 1 fully saturated rings. The van der Waals surface area contributed by atoms with Crippen LogP contribution in [0.2, 0.25) is 0 Å². The molecule has 1 N–H and O–H groups in total. The molecule has 1 rings (SSSR count). The van der Waals surface area contributed by atoms with Crippen molar-refractivity contribution in [2.75, 3.05) is 6.61 Å². The largest absolute Gasteiger partial charge is 0.447 e. The van der Waals surface area contributed by atoms with Crippen molar-refractivity contribution in [1.82, 2.24) is 5.48 Å². The first kappa shape index (κ1) is 6.53. The van der Waals surface area contributed by atoms with Gasteiger partial charge in [-0.1, -0.05) is 0 Å². The summed E-state index contributed by atoms with van der Waals surface area (Å²) in [7, 11) is 0. The fourth-order valence-electron chi connectivity index (χ4n) is 0.364. The summed E-state index contributed by atoms with van der Waals surface area (Å²) in [5, 5.41) is 0. The van der Waals surface area contributed by atoms with Crippen LogP contribution in [0.25, 0.3) is 0 Å². The van der Waals surface area contributed by atoms with Gasteiger partial charge < -0.3 is 9.57 Å². The second-order valence-corrected chi connectivity index (χ2v) is 1.49. The lowest BCUT2D eigenvalue weighted by atomic mass is 10.7. The number of nitrogens with one attached hydrogen (secondary N) is 1. The second-order valence-electron chi connectivity index (χ2n) is 1.49. The number of rotatable bonds is 0. The van der Waals surface area contributed by atoms with Gasteiger partial charge in [0.15, 0.2) is 6.61 Å². The summed E-state index contributed by atoms with van der Waals surface area (Å²) in [6.07, 6.45) is 0. The van der Waals surface area contributed by atoms with Crippen LogP contribution >= 0.6 is 0 Å². The van der Waals surface area contributed by atoms with E-state index >= 15 is 0 Å². The van der Waals surface area contributed by atoms with E-state index in [4.69, 9.17) is 0 Å². The van der Waals surface area contributed by atoms with Crippen molar-refractivity contribution in [1.29, 1.82) is 0 Å². The quantitative estimate of drug-likeness (QED) is 0.318. The van der Waals surface area contributed by atoms with Crippen LogP contribution in [-0.2, 0) is 24.0 Å². The minimum Gasteiger partial charge on any atom is -0.447 e. The van der Waals surface area contributed by atoms with Crippen LogP contribution in [0.4, 0.5) is 0 Å². The molecule has 6 heteroatoms. The fraction of sp³-hybridized carbons (Fsp3) is 0.250. The Morgan fingerprint density at radius 3 is 2.60 bits per heavy atom. The van der Waals surface area contributed by atoms with Gasteiger partial charge >= 0.3 is 11.9 Å². The molecular weight excluding hydrogens is 142 g/mol. The molecule has 1 aliphatic rings. The van der Waals surface area contributed by atoms with Crippen LogP contribution in [0.5, 0.6) is 0 Å². The lowest BCUT2D eigenvalue weighted by Crippen LogP contribution is -2.26. The summed E-state index contributed by atoms with van der Waals surface area (Å²) >= 11 is 0. The Morgan fingerprint density at radius 1 is 1.20 bits per heavy atom. The van der Waals surface area contributed by atoms with Crippen molar-refractivity contribution < 1.29 is 24.0 Å². The highest BCUT2D eigenvalue weighted by atomic mass is 16.7. The molecule has 0 bridgehead atoms. The number of carbonyl (C=O) groups excluding carboxylic acids is 3. The maximum absolute atomic E-state index is 10.3. The fourth-order valence-corrected chi connectivity index (χ4v) is 0.364. The number of hydrogen-bond acceptors (Lipinski definition) is 5.